The van der Waals surface area contributed by atoms with Crippen molar-refractivity contribution >= 4 is 58.1 Å². The van der Waals surface area contributed by atoms with Gasteiger partial charge in [0.05, 0.1) is 36.5 Å². The maximum Gasteiger partial charge on any atom is 0.150 e. The van der Waals surface area contributed by atoms with Gasteiger partial charge in [-0.05, 0) is 40.1 Å². The summed E-state index contributed by atoms with van der Waals surface area (Å²) >= 11 is 13.1. The first kappa shape index (κ1) is 30.2. The van der Waals surface area contributed by atoms with Crippen molar-refractivity contribution in [1.82, 2.24) is 9.88 Å². The van der Waals surface area contributed by atoms with Crippen LogP contribution in [-0.2, 0) is 4.79 Å². The largest absolute Gasteiger partial charge is 0.495 e. The molecule has 0 aliphatic carbocycles. The van der Waals surface area contributed by atoms with Crippen LogP contribution in [0, 0.1) is 0 Å². The van der Waals surface area contributed by atoms with Crippen LogP contribution in [0.1, 0.15) is 30.7 Å². The smallest absolute Gasteiger partial charge is 0.150 e. The highest BCUT2D eigenvalue weighted by atomic mass is 35.5. The van der Waals surface area contributed by atoms with Gasteiger partial charge in [0, 0.05) is 72.3 Å². The number of aromatic nitrogens is 1. The number of benzene rings is 1. The molecule has 0 bridgehead atoms. The molecular weight excluding hydrogens is 513 g/mol. The van der Waals surface area contributed by atoms with Crippen LogP contribution >= 0.6 is 23.2 Å². The Hall–Kier alpha value is -3.07. The van der Waals surface area contributed by atoms with Gasteiger partial charge in [-0.3, -0.25) is 14.8 Å². The van der Waals surface area contributed by atoms with Gasteiger partial charge in [-0.15, -0.1) is 0 Å². The standard InChI is InChI=1S/C27H35Cl2N5O3/c1-8-34(5)22-12-21(20(14-30)17(2)31-9-10-33(3)4)32-15-18(22)11-19(16-35)25-26(28)23(36-6)13-24(37-7)27(25)29/h11-16H,8-10,30H2,1-7H3/b19-11+,20-14?,31-17?. The Morgan fingerprint density at radius 2 is 1.76 bits per heavy atom. The SMILES string of the molecule is CCN(C)c1cc(C(=CN)C(C)=NCCN(C)C)ncc1/C=C(\C=O)c1c(Cl)c(OC)cc(OC)c1Cl. The zero-order valence-electron chi connectivity index (χ0n) is 22.4. The van der Waals surface area contributed by atoms with E-state index in [1.807, 2.05) is 46.0 Å². The zero-order valence-corrected chi connectivity index (χ0v) is 23.9. The van der Waals surface area contributed by atoms with E-state index in [4.69, 9.17) is 38.4 Å². The molecule has 200 valence electrons. The number of rotatable bonds is 12. The van der Waals surface area contributed by atoms with Crippen molar-refractivity contribution in [2.75, 3.05) is 59.9 Å². The van der Waals surface area contributed by atoms with E-state index in [-0.39, 0.29) is 15.6 Å². The van der Waals surface area contributed by atoms with E-state index in [0.29, 0.717) is 47.7 Å². The van der Waals surface area contributed by atoms with Gasteiger partial charge in [-0.25, -0.2) is 0 Å². The van der Waals surface area contributed by atoms with Gasteiger partial charge in [0.1, 0.15) is 11.5 Å². The summed E-state index contributed by atoms with van der Waals surface area (Å²) in [7, 11) is 8.92. The molecule has 0 unspecified atom stereocenters. The molecule has 0 spiro atoms. The summed E-state index contributed by atoms with van der Waals surface area (Å²) in [4.78, 5) is 25.7. The van der Waals surface area contributed by atoms with Crippen LogP contribution in [0.5, 0.6) is 11.5 Å². The third-order valence-electron chi connectivity index (χ3n) is 5.83. The predicted molar refractivity (Wildman–Crippen MR) is 155 cm³/mol. The first-order chi connectivity index (χ1) is 17.6. The van der Waals surface area contributed by atoms with Crippen LogP contribution < -0.4 is 20.1 Å². The van der Waals surface area contributed by atoms with Crippen molar-refractivity contribution in [1.29, 1.82) is 0 Å². The van der Waals surface area contributed by atoms with Crippen molar-refractivity contribution in [2.24, 2.45) is 10.7 Å². The number of aliphatic imine (C=N–C) groups is 1. The maximum absolute atomic E-state index is 12.3. The number of carbonyl (C=O) groups excluding carboxylic acids is 1. The number of hydrogen-bond donors (Lipinski definition) is 1. The number of anilines is 1. The topological polar surface area (TPSA) is 93.3 Å². The Balaban J connectivity index is 2.67. The lowest BCUT2D eigenvalue weighted by Gasteiger charge is -2.21. The number of hydrogen-bond acceptors (Lipinski definition) is 8. The molecule has 0 saturated carbocycles. The number of likely N-dealkylation sites (N-methyl/N-ethyl adjacent to an activating group) is 1. The lowest BCUT2D eigenvalue weighted by atomic mass is 10.0. The molecule has 8 nitrogen and oxygen atoms in total. The van der Waals surface area contributed by atoms with Gasteiger partial charge in [-0.2, -0.15) is 0 Å². The molecule has 2 rings (SSSR count). The van der Waals surface area contributed by atoms with Gasteiger partial charge < -0.3 is 25.0 Å². The van der Waals surface area contributed by atoms with E-state index < -0.39 is 0 Å². The predicted octanol–water partition coefficient (Wildman–Crippen LogP) is 4.92. The minimum atomic E-state index is 0.208. The number of carbonyl (C=O) groups is 1. The van der Waals surface area contributed by atoms with Crippen LogP contribution in [0.4, 0.5) is 5.69 Å². The van der Waals surface area contributed by atoms with E-state index in [9.17, 15) is 4.79 Å². The van der Waals surface area contributed by atoms with Crippen molar-refractivity contribution in [3.8, 4) is 11.5 Å². The first-order valence-corrected chi connectivity index (χ1v) is 12.5. The van der Waals surface area contributed by atoms with E-state index >= 15 is 0 Å². The molecule has 0 saturated heterocycles. The Kier molecular flexibility index (Phi) is 11.4. The molecule has 1 aromatic carbocycles. The van der Waals surface area contributed by atoms with Crippen LogP contribution in [0.25, 0.3) is 17.2 Å². The Morgan fingerprint density at radius 3 is 2.24 bits per heavy atom. The summed E-state index contributed by atoms with van der Waals surface area (Å²) in [5, 5.41) is 0.416. The Labute approximate surface area is 229 Å². The Bertz CT molecular complexity index is 1180. The number of nitrogens with two attached hydrogens (primary N) is 1. The number of nitrogens with zero attached hydrogens (tertiary/aromatic N) is 4. The summed E-state index contributed by atoms with van der Waals surface area (Å²) in [6.07, 6.45) is 5.60. The lowest BCUT2D eigenvalue weighted by Crippen LogP contribution is -2.18. The average Bonchev–Trinajstić information content (AvgIpc) is 2.88. The third-order valence-corrected chi connectivity index (χ3v) is 6.58. The molecule has 10 heteroatoms. The van der Waals surface area contributed by atoms with Crippen LogP contribution in [0.15, 0.2) is 29.5 Å². The fourth-order valence-electron chi connectivity index (χ4n) is 3.58. The molecule has 2 aromatic rings. The minimum absolute atomic E-state index is 0.208. The van der Waals surface area contributed by atoms with Gasteiger partial charge in [0.25, 0.3) is 0 Å². The van der Waals surface area contributed by atoms with Gasteiger partial charge in [0.2, 0.25) is 0 Å². The second kappa shape index (κ2) is 14.0. The molecule has 1 heterocycles. The molecular formula is C27H35Cl2N5O3. The highest BCUT2D eigenvalue weighted by molar-refractivity contribution is 6.41. The fraction of sp³-hybridized carbons (Fsp3) is 0.370. The third kappa shape index (κ3) is 7.25. The lowest BCUT2D eigenvalue weighted by molar-refractivity contribution is -0.103. The highest BCUT2D eigenvalue weighted by Crippen LogP contribution is 2.44. The monoisotopic (exact) mass is 547 g/mol. The van der Waals surface area contributed by atoms with Gasteiger partial charge in [0.15, 0.2) is 6.29 Å². The summed E-state index contributed by atoms with van der Waals surface area (Å²) in [6, 6.07) is 3.50. The number of aldehydes is 1. The van der Waals surface area contributed by atoms with Crippen molar-refractivity contribution in [3.63, 3.8) is 0 Å². The average molecular weight is 549 g/mol. The number of methoxy groups -OCH3 is 2. The van der Waals surface area contributed by atoms with Crippen molar-refractivity contribution in [3.05, 3.63) is 51.4 Å². The molecule has 0 aliphatic heterocycles. The minimum Gasteiger partial charge on any atom is -0.495 e. The van der Waals surface area contributed by atoms with Gasteiger partial charge >= 0.3 is 0 Å². The maximum atomic E-state index is 12.3. The van der Waals surface area contributed by atoms with Crippen LogP contribution in [0.2, 0.25) is 10.0 Å². The zero-order chi connectivity index (χ0) is 27.7. The second-order valence-corrected chi connectivity index (χ2v) is 9.25. The Morgan fingerprint density at radius 1 is 1.14 bits per heavy atom. The molecule has 0 amide bonds. The molecule has 0 fully saturated rings. The number of allylic oxidation sites excluding steroid dienone is 2. The number of halogens is 2. The number of pyridine rings is 1. The van der Waals surface area contributed by atoms with E-state index in [2.05, 4.69) is 14.9 Å². The van der Waals surface area contributed by atoms with Gasteiger partial charge in [-0.1, -0.05) is 23.2 Å². The summed E-state index contributed by atoms with van der Waals surface area (Å²) in [5.41, 5.74) is 10.3. The molecule has 37 heavy (non-hydrogen) atoms. The molecule has 2 N–H and O–H groups in total. The van der Waals surface area contributed by atoms with E-state index in [0.717, 1.165) is 23.5 Å². The van der Waals surface area contributed by atoms with Crippen molar-refractivity contribution < 1.29 is 14.3 Å². The first-order valence-electron chi connectivity index (χ1n) is 11.7. The molecule has 0 radical (unpaired) electrons. The highest BCUT2D eigenvalue weighted by Gasteiger charge is 2.21. The van der Waals surface area contributed by atoms with E-state index in [1.54, 1.807) is 18.3 Å². The fourth-order valence-corrected chi connectivity index (χ4v) is 4.30. The number of ether oxygens (including phenoxy) is 2. The molecule has 0 atom stereocenters. The van der Waals surface area contributed by atoms with Crippen molar-refractivity contribution in [2.45, 2.75) is 13.8 Å². The molecule has 1 aromatic heterocycles. The summed E-state index contributed by atoms with van der Waals surface area (Å²) in [5.74, 6) is 0.679. The summed E-state index contributed by atoms with van der Waals surface area (Å²) < 4.78 is 10.7. The van der Waals surface area contributed by atoms with Crippen LogP contribution in [-0.4, -0.2) is 76.9 Å². The van der Waals surface area contributed by atoms with E-state index in [1.165, 1.54) is 20.4 Å². The summed E-state index contributed by atoms with van der Waals surface area (Å²) in [6.45, 7) is 6.13. The second-order valence-electron chi connectivity index (χ2n) is 8.49. The van der Waals surface area contributed by atoms with Crippen LogP contribution in [0.3, 0.4) is 0 Å². The molecule has 0 aliphatic rings. The normalized spacial score (nSPS) is 12.6. The quantitative estimate of drug-likeness (QED) is 0.229.